The molecule has 38 heavy (non-hydrogen) atoms. The fraction of sp³-hybridized carbons (Fsp3) is 0.310. The van der Waals surface area contributed by atoms with E-state index in [0.717, 1.165) is 25.9 Å². The van der Waals surface area contributed by atoms with E-state index in [-0.39, 0.29) is 58.8 Å². The highest BCUT2D eigenvalue weighted by Gasteiger charge is 2.33. The molecule has 2 aliphatic carbocycles. The molecule has 0 aliphatic heterocycles. The number of allylic oxidation sites excluding steroid dienone is 8. The Bertz CT molecular complexity index is 1290. The van der Waals surface area contributed by atoms with Crippen molar-refractivity contribution >= 4 is 0 Å². The molecule has 3 aromatic rings. The van der Waals surface area contributed by atoms with Crippen LogP contribution in [-0.2, 0) is 19.3 Å². The van der Waals surface area contributed by atoms with Gasteiger partial charge < -0.3 is 48.0 Å². The lowest BCUT2D eigenvalue weighted by molar-refractivity contribution is -0.706. The number of alkyl halides is 3. The normalized spacial score (nSPS) is 22.2. The zero-order valence-corrected chi connectivity index (χ0v) is 25.6. The van der Waals surface area contributed by atoms with Crippen molar-refractivity contribution in [2.75, 3.05) is 0 Å². The maximum Gasteiger partial charge on any atom is 0.416 e. The molecule has 2 heterocycles. The second-order valence-corrected chi connectivity index (χ2v) is 10.5. The minimum absolute atomic E-state index is 0. The van der Waals surface area contributed by atoms with E-state index in [0.29, 0.717) is 11.4 Å². The number of imidazole rings is 2. The molecule has 202 valence electrons. The summed E-state index contributed by atoms with van der Waals surface area (Å²) >= 11 is 0. The summed E-state index contributed by atoms with van der Waals surface area (Å²) in [6.45, 7) is 5.85. The molecule has 1 aromatic carbocycles. The van der Waals surface area contributed by atoms with Crippen LogP contribution in [0.25, 0.3) is 11.4 Å². The zero-order valence-electron chi connectivity index (χ0n) is 21.3. The Morgan fingerprint density at radius 2 is 1.18 bits per heavy atom. The summed E-state index contributed by atoms with van der Waals surface area (Å²) in [4.78, 5) is 0. The number of rotatable bonds is 6. The van der Waals surface area contributed by atoms with Gasteiger partial charge in [-0.05, 0) is 25.0 Å². The van der Waals surface area contributed by atoms with Crippen molar-refractivity contribution < 1.29 is 70.3 Å². The summed E-state index contributed by atoms with van der Waals surface area (Å²) in [5.41, 5.74) is 0.216. The molecule has 2 aliphatic rings. The van der Waals surface area contributed by atoms with Crippen molar-refractivity contribution in [3.63, 3.8) is 0 Å². The standard InChI is InChI=1S/C29H31F3N4.2HI/c1-27(9-5-3-6-10-27)20-33-13-15-35(22-33)25-17-24(29(30,31)32)18-26(19-25)36-16-14-34(23-36)21-28(2)11-7-4-8-12-28;;/h3-9,11,13-19,22-23H,10,12,20-21H2,1-2H3;2*1H/q+2;;/p-2. The van der Waals surface area contributed by atoms with E-state index in [1.54, 1.807) is 15.2 Å². The van der Waals surface area contributed by atoms with E-state index in [9.17, 15) is 13.2 Å². The average Bonchev–Trinajstić information content (AvgIpc) is 3.48. The first-order valence-corrected chi connectivity index (χ1v) is 12.2. The highest BCUT2D eigenvalue weighted by Crippen LogP contribution is 2.33. The Labute approximate surface area is 255 Å². The summed E-state index contributed by atoms with van der Waals surface area (Å²) in [6, 6.07) is 4.20. The van der Waals surface area contributed by atoms with Gasteiger partial charge in [-0.2, -0.15) is 13.2 Å². The summed E-state index contributed by atoms with van der Waals surface area (Å²) in [7, 11) is 0. The minimum Gasteiger partial charge on any atom is -1.00 e. The Balaban J connectivity index is 0.00000200. The van der Waals surface area contributed by atoms with E-state index < -0.39 is 11.7 Å². The van der Waals surface area contributed by atoms with Crippen LogP contribution < -0.4 is 57.1 Å². The predicted molar refractivity (Wildman–Crippen MR) is 132 cm³/mol. The molecule has 0 bridgehead atoms. The van der Waals surface area contributed by atoms with Gasteiger partial charge in [0.25, 0.3) is 0 Å². The van der Waals surface area contributed by atoms with Gasteiger partial charge in [-0.1, -0.05) is 62.5 Å². The lowest BCUT2D eigenvalue weighted by Crippen LogP contribution is -3.00. The number of nitrogens with zero attached hydrogens (tertiary/aromatic N) is 4. The average molecular weight is 746 g/mol. The second-order valence-electron chi connectivity index (χ2n) is 10.5. The van der Waals surface area contributed by atoms with Crippen LogP contribution >= 0.6 is 0 Å². The summed E-state index contributed by atoms with van der Waals surface area (Å²) in [5, 5.41) is 0. The summed E-state index contributed by atoms with van der Waals surface area (Å²) in [6.07, 6.45) is 25.4. The van der Waals surface area contributed by atoms with Gasteiger partial charge in [0.2, 0.25) is 12.7 Å². The van der Waals surface area contributed by atoms with Crippen molar-refractivity contribution in [2.45, 2.75) is 46.0 Å². The molecule has 2 aromatic heterocycles. The van der Waals surface area contributed by atoms with E-state index in [4.69, 9.17) is 0 Å². The van der Waals surface area contributed by atoms with Gasteiger partial charge in [-0.3, -0.25) is 0 Å². The van der Waals surface area contributed by atoms with Crippen LogP contribution in [0.2, 0.25) is 0 Å². The van der Waals surface area contributed by atoms with Crippen LogP contribution in [0.4, 0.5) is 13.2 Å². The van der Waals surface area contributed by atoms with Crippen molar-refractivity contribution in [1.29, 1.82) is 0 Å². The smallest absolute Gasteiger partial charge is 0.416 e. The molecule has 0 fully saturated rings. The predicted octanol–water partition coefficient (Wildman–Crippen LogP) is -0.0854. The highest BCUT2D eigenvalue weighted by molar-refractivity contribution is 5.48. The summed E-state index contributed by atoms with van der Waals surface area (Å²) < 4.78 is 49.1. The maximum atomic E-state index is 13.9. The number of halogens is 5. The quantitative estimate of drug-likeness (QED) is 0.249. The maximum absolute atomic E-state index is 13.9. The molecule has 9 heteroatoms. The van der Waals surface area contributed by atoms with Crippen molar-refractivity contribution in [2.24, 2.45) is 10.8 Å². The fourth-order valence-electron chi connectivity index (χ4n) is 4.95. The molecular formula is C29H31F3I2N4. The molecule has 0 spiro atoms. The molecule has 0 saturated heterocycles. The number of hydrogen-bond acceptors (Lipinski definition) is 0. The van der Waals surface area contributed by atoms with Gasteiger partial charge in [-0.25, -0.2) is 18.3 Å². The van der Waals surface area contributed by atoms with Gasteiger partial charge in [0, 0.05) is 16.9 Å². The molecule has 2 unspecified atom stereocenters. The zero-order chi connectivity index (χ0) is 25.4. The van der Waals surface area contributed by atoms with Crippen molar-refractivity contribution in [1.82, 2.24) is 9.13 Å². The minimum atomic E-state index is -4.45. The van der Waals surface area contributed by atoms with Crippen molar-refractivity contribution in [3.8, 4) is 11.4 Å². The molecular weight excluding hydrogens is 715 g/mol. The van der Waals surface area contributed by atoms with Crippen LogP contribution in [-0.4, -0.2) is 9.13 Å². The molecule has 0 radical (unpaired) electrons. The molecule has 2 atom stereocenters. The third-order valence-electron chi connectivity index (χ3n) is 6.96. The van der Waals surface area contributed by atoms with Crippen LogP contribution in [0.5, 0.6) is 0 Å². The van der Waals surface area contributed by atoms with Crippen molar-refractivity contribution in [3.05, 3.63) is 110 Å². The molecule has 5 rings (SSSR count). The Morgan fingerprint density at radius 1 is 0.737 bits per heavy atom. The largest absolute Gasteiger partial charge is 1.00 e. The topological polar surface area (TPSA) is 17.6 Å². The van der Waals surface area contributed by atoms with E-state index in [1.807, 2.05) is 70.9 Å². The molecule has 0 saturated carbocycles. The van der Waals surface area contributed by atoms with E-state index in [1.165, 1.54) is 12.1 Å². The Hall–Kier alpha value is -2.15. The van der Waals surface area contributed by atoms with Crippen LogP contribution in [0.3, 0.4) is 0 Å². The SMILES string of the molecule is CC1(C[n+]2ccn(-c3cc(-n4cc[n+](CC5(C)C=CC=CC5)c4)cc(C(F)(F)F)c3)c2)C=CC=CC1.[I-].[I-]. The van der Waals surface area contributed by atoms with E-state index >= 15 is 0 Å². The first-order chi connectivity index (χ1) is 17.1. The molecule has 0 N–H and O–H groups in total. The second kappa shape index (κ2) is 11.9. The highest BCUT2D eigenvalue weighted by atomic mass is 127. The third-order valence-corrected chi connectivity index (χ3v) is 6.96. The summed E-state index contributed by atoms with van der Waals surface area (Å²) in [5.74, 6) is 0. The van der Waals surface area contributed by atoms with E-state index in [2.05, 4.69) is 38.2 Å². The first-order valence-electron chi connectivity index (χ1n) is 12.2. The van der Waals surface area contributed by atoms with Gasteiger partial charge in [-0.15, -0.1) is 0 Å². The van der Waals surface area contributed by atoms with Crippen LogP contribution in [0.15, 0.2) is 104 Å². The van der Waals surface area contributed by atoms with Gasteiger partial charge in [0.15, 0.2) is 0 Å². The first kappa shape index (κ1) is 30.4. The monoisotopic (exact) mass is 746 g/mol. The fourth-order valence-corrected chi connectivity index (χ4v) is 4.95. The number of aromatic nitrogens is 4. The Kier molecular flexibility index (Phi) is 9.54. The van der Waals surface area contributed by atoms with Crippen LogP contribution in [0, 0.1) is 10.8 Å². The number of benzene rings is 1. The van der Waals surface area contributed by atoms with Gasteiger partial charge in [0.1, 0.15) is 36.2 Å². The lowest BCUT2D eigenvalue weighted by Gasteiger charge is -2.23. The van der Waals surface area contributed by atoms with Gasteiger partial charge in [0.05, 0.1) is 18.7 Å². The molecule has 4 nitrogen and oxygen atoms in total. The number of hydrogen-bond donors (Lipinski definition) is 0. The van der Waals surface area contributed by atoms with Crippen LogP contribution in [0.1, 0.15) is 32.3 Å². The third kappa shape index (κ3) is 7.08. The molecule has 0 amide bonds. The Morgan fingerprint density at radius 3 is 1.55 bits per heavy atom. The lowest BCUT2D eigenvalue weighted by atomic mass is 9.84. The van der Waals surface area contributed by atoms with Gasteiger partial charge >= 0.3 is 6.18 Å².